The van der Waals surface area contributed by atoms with Crippen LogP contribution in [-0.2, 0) is 12.8 Å². The van der Waals surface area contributed by atoms with E-state index in [-0.39, 0.29) is 11.8 Å². The minimum Gasteiger partial charge on any atom is -0.341 e. The molecule has 1 aliphatic heterocycles. The lowest BCUT2D eigenvalue weighted by Gasteiger charge is -2.21. The Kier molecular flexibility index (Phi) is 5.14. The van der Waals surface area contributed by atoms with Crippen molar-refractivity contribution in [2.45, 2.75) is 29.7 Å². The minimum absolute atomic E-state index is 0.00235. The van der Waals surface area contributed by atoms with Crippen molar-refractivity contribution in [1.29, 1.82) is 0 Å². The minimum atomic E-state index is -0.301. The second-order valence-electron chi connectivity index (χ2n) is 5.95. The molecule has 1 aliphatic rings. The number of amides is 1. The molecule has 24 heavy (non-hydrogen) atoms. The van der Waals surface area contributed by atoms with Gasteiger partial charge in [-0.1, -0.05) is 16.9 Å². The van der Waals surface area contributed by atoms with Crippen LogP contribution in [0.4, 0.5) is 0 Å². The number of nitrogens with one attached hydrogen (secondary N) is 1. The normalized spacial score (nSPS) is 17.9. The van der Waals surface area contributed by atoms with E-state index < -0.39 is 0 Å². The van der Waals surface area contributed by atoms with Crippen molar-refractivity contribution >= 4 is 17.7 Å². The Bertz CT molecular complexity index is 706. The summed E-state index contributed by atoms with van der Waals surface area (Å²) in [7, 11) is 5.26. The highest BCUT2D eigenvalue weighted by Crippen LogP contribution is 2.26. The van der Waals surface area contributed by atoms with E-state index in [0.29, 0.717) is 17.5 Å². The quantitative estimate of drug-likeness (QED) is 0.784. The molecule has 0 radical (unpaired) electrons. The smallest absolute Gasteiger partial charge is 0.316 e. The third-order valence-corrected chi connectivity index (χ3v) is 4.93. The number of hydrogen-bond donors (Lipinski definition) is 1. The maximum atomic E-state index is 11.8. The van der Waals surface area contributed by atoms with Gasteiger partial charge in [-0.15, -0.1) is 10.2 Å². The van der Waals surface area contributed by atoms with Gasteiger partial charge in [-0.25, -0.2) is 0 Å². The first-order valence-corrected chi connectivity index (χ1v) is 8.82. The summed E-state index contributed by atoms with van der Waals surface area (Å²) in [4.78, 5) is 17.3. The number of piperidine rings is 1. The summed E-state index contributed by atoms with van der Waals surface area (Å²) in [6, 6.07) is 0. The molecule has 2 aromatic rings. The molecule has 0 bridgehead atoms. The summed E-state index contributed by atoms with van der Waals surface area (Å²) >= 11 is 1.48. The molecule has 1 N–H and O–H groups in total. The number of thioether (sulfide) groups is 1. The van der Waals surface area contributed by atoms with Crippen molar-refractivity contribution < 1.29 is 9.32 Å². The van der Waals surface area contributed by atoms with Crippen molar-refractivity contribution in [1.82, 2.24) is 35.1 Å². The molecule has 0 aliphatic carbocycles. The largest absolute Gasteiger partial charge is 0.341 e. The Labute approximate surface area is 144 Å². The third kappa shape index (κ3) is 3.59. The van der Waals surface area contributed by atoms with Crippen LogP contribution >= 0.6 is 11.8 Å². The summed E-state index contributed by atoms with van der Waals surface area (Å²) in [5.41, 5.74) is 0. The van der Waals surface area contributed by atoms with E-state index in [4.69, 9.17) is 4.52 Å². The first-order valence-electron chi connectivity index (χ1n) is 7.83. The molecule has 3 rings (SSSR count). The fraction of sp³-hybridized carbons (Fsp3) is 0.643. The molecule has 1 atom stereocenters. The van der Waals surface area contributed by atoms with Gasteiger partial charge < -0.3 is 19.3 Å². The van der Waals surface area contributed by atoms with Crippen molar-refractivity contribution in [2.75, 3.05) is 27.2 Å². The van der Waals surface area contributed by atoms with Gasteiger partial charge in [-0.2, -0.15) is 4.98 Å². The van der Waals surface area contributed by atoms with Crippen molar-refractivity contribution in [2.24, 2.45) is 7.05 Å². The Balaban J connectivity index is 1.63. The van der Waals surface area contributed by atoms with Crippen LogP contribution in [0.25, 0.3) is 0 Å². The van der Waals surface area contributed by atoms with Gasteiger partial charge in [0.15, 0.2) is 11.0 Å². The topological polar surface area (TPSA) is 102 Å². The first kappa shape index (κ1) is 16.9. The molecule has 1 unspecified atom stereocenters. The summed E-state index contributed by atoms with van der Waals surface area (Å²) in [6.07, 6.45) is 2.29. The first-order chi connectivity index (χ1) is 11.6. The fourth-order valence-corrected chi connectivity index (χ4v) is 3.36. The second kappa shape index (κ2) is 7.31. The van der Waals surface area contributed by atoms with Gasteiger partial charge in [0.1, 0.15) is 5.82 Å². The van der Waals surface area contributed by atoms with Crippen LogP contribution in [0.1, 0.15) is 41.1 Å². The Hall–Kier alpha value is -1.94. The molecule has 1 amide bonds. The van der Waals surface area contributed by atoms with E-state index in [1.54, 1.807) is 14.1 Å². The maximum Gasteiger partial charge on any atom is 0.316 e. The average Bonchev–Trinajstić information content (AvgIpc) is 3.20. The van der Waals surface area contributed by atoms with Gasteiger partial charge in [0.05, 0.1) is 5.75 Å². The predicted molar refractivity (Wildman–Crippen MR) is 87.7 cm³/mol. The van der Waals surface area contributed by atoms with Crippen LogP contribution < -0.4 is 5.32 Å². The molecular weight excluding hydrogens is 330 g/mol. The highest BCUT2D eigenvalue weighted by Gasteiger charge is 2.22. The van der Waals surface area contributed by atoms with Crippen molar-refractivity contribution in [3.05, 3.63) is 17.5 Å². The van der Waals surface area contributed by atoms with Gasteiger partial charge in [0, 0.05) is 33.6 Å². The summed E-state index contributed by atoms with van der Waals surface area (Å²) in [6.45, 7) is 2.01. The number of carbonyl (C=O) groups is 1. The number of rotatable bonds is 5. The van der Waals surface area contributed by atoms with Crippen LogP contribution in [0.2, 0.25) is 0 Å². The van der Waals surface area contributed by atoms with Crippen LogP contribution in [0.3, 0.4) is 0 Å². The monoisotopic (exact) mass is 351 g/mol. The lowest BCUT2D eigenvalue weighted by Crippen LogP contribution is -2.29. The number of aromatic nitrogens is 5. The molecule has 3 heterocycles. The third-order valence-electron chi connectivity index (χ3n) is 3.92. The molecule has 10 heteroatoms. The molecular formula is C14H21N7O2S. The van der Waals surface area contributed by atoms with Gasteiger partial charge in [-0.05, 0) is 19.4 Å². The number of carbonyl (C=O) groups excluding carboxylic acids is 1. The molecule has 1 fully saturated rings. The summed E-state index contributed by atoms with van der Waals surface area (Å²) < 4.78 is 7.01. The second-order valence-corrected chi connectivity index (χ2v) is 6.89. The Morgan fingerprint density at radius 1 is 1.46 bits per heavy atom. The Morgan fingerprint density at radius 2 is 2.29 bits per heavy atom. The van der Waals surface area contributed by atoms with Crippen LogP contribution in [0, 0.1) is 0 Å². The van der Waals surface area contributed by atoms with Gasteiger partial charge in [0.25, 0.3) is 0 Å². The van der Waals surface area contributed by atoms with Crippen molar-refractivity contribution in [3.8, 4) is 0 Å². The molecule has 0 spiro atoms. The lowest BCUT2D eigenvalue weighted by molar-refractivity contribution is 0.0779. The Morgan fingerprint density at radius 3 is 3.00 bits per heavy atom. The van der Waals surface area contributed by atoms with Gasteiger partial charge >= 0.3 is 11.8 Å². The molecule has 0 saturated carbocycles. The molecule has 2 aromatic heterocycles. The van der Waals surface area contributed by atoms with Gasteiger partial charge in [-0.3, -0.25) is 4.79 Å². The zero-order chi connectivity index (χ0) is 17.1. The molecule has 0 aromatic carbocycles. The predicted octanol–water partition coefficient (Wildman–Crippen LogP) is 0.659. The van der Waals surface area contributed by atoms with Gasteiger partial charge in [0.2, 0.25) is 0 Å². The van der Waals surface area contributed by atoms with E-state index in [2.05, 4.69) is 25.7 Å². The highest BCUT2D eigenvalue weighted by molar-refractivity contribution is 7.98. The number of nitrogens with zero attached hydrogens (tertiary/aromatic N) is 6. The van der Waals surface area contributed by atoms with Crippen molar-refractivity contribution in [3.63, 3.8) is 0 Å². The summed E-state index contributed by atoms with van der Waals surface area (Å²) in [5, 5.41) is 16.6. The molecule has 130 valence electrons. The fourth-order valence-electron chi connectivity index (χ4n) is 2.60. The van der Waals surface area contributed by atoms with E-state index in [1.165, 1.54) is 16.7 Å². The number of hydrogen-bond acceptors (Lipinski definition) is 8. The van der Waals surface area contributed by atoms with E-state index in [1.807, 2.05) is 11.6 Å². The maximum absolute atomic E-state index is 11.8. The summed E-state index contributed by atoms with van der Waals surface area (Å²) in [5.74, 6) is 2.04. The highest BCUT2D eigenvalue weighted by atomic mass is 32.2. The zero-order valence-corrected chi connectivity index (χ0v) is 14.8. The SMILES string of the molecule is CN(C)C(=O)c1nc(CSc2nnc(C3CCCNC3)n2C)no1. The lowest BCUT2D eigenvalue weighted by atomic mass is 9.99. The van der Waals surface area contributed by atoms with E-state index >= 15 is 0 Å². The van der Waals surface area contributed by atoms with E-state index in [9.17, 15) is 4.79 Å². The van der Waals surface area contributed by atoms with Crippen LogP contribution in [-0.4, -0.2) is 62.9 Å². The molecule has 1 saturated heterocycles. The van der Waals surface area contributed by atoms with Crippen LogP contribution in [0.5, 0.6) is 0 Å². The standard InChI is InChI=1S/C14H21N7O2S/c1-20(2)13(22)12-16-10(19-23-12)8-24-14-18-17-11(21(14)3)9-5-4-6-15-7-9/h9,15H,4-8H2,1-3H3. The average molecular weight is 351 g/mol. The van der Waals surface area contributed by atoms with E-state index in [0.717, 1.165) is 36.9 Å². The zero-order valence-electron chi connectivity index (χ0n) is 14.0. The molecule has 9 nitrogen and oxygen atoms in total. The van der Waals surface area contributed by atoms with Crippen LogP contribution in [0.15, 0.2) is 9.68 Å².